The van der Waals surface area contributed by atoms with Gasteiger partial charge in [-0.15, -0.1) is 11.6 Å². The lowest BCUT2D eigenvalue weighted by Gasteiger charge is -2.03. The highest BCUT2D eigenvalue weighted by Crippen LogP contribution is 2.26. The summed E-state index contributed by atoms with van der Waals surface area (Å²) in [7, 11) is 1.87. The van der Waals surface area contributed by atoms with Crippen molar-refractivity contribution < 1.29 is 0 Å². The van der Waals surface area contributed by atoms with Crippen molar-refractivity contribution in [2.24, 2.45) is 7.05 Å². The summed E-state index contributed by atoms with van der Waals surface area (Å²) in [6.07, 6.45) is 1.88. The lowest BCUT2D eigenvalue weighted by Crippen LogP contribution is -2.01. The first kappa shape index (κ1) is 11.6. The molecule has 4 nitrogen and oxygen atoms in total. The third-order valence-corrected chi connectivity index (χ3v) is 3.30. The Morgan fingerprint density at radius 2 is 2.11 bits per heavy atom. The van der Waals surface area contributed by atoms with Gasteiger partial charge in [-0.25, -0.2) is 4.98 Å². The molecule has 3 aromatic rings. The van der Waals surface area contributed by atoms with Crippen LogP contribution >= 0.6 is 23.2 Å². The lowest BCUT2D eigenvalue weighted by molar-refractivity contribution is 0.749. The van der Waals surface area contributed by atoms with Crippen LogP contribution in [0, 0.1) is 0 Å². The Kier molecular flexibility index (Phi) is 2.76. The summed E-state index contributed by atoms with van der Waals surface area (Å²) in [4.78, 5) is 4.47. The SMILES string of the molecule is Cn1ccc(-n2c(CCl)nc3c(Cl)cccc32)n1. The Morgan fingerprint density at radius 1 is 1.28 bits per heavy atom. The van der Waals surface area contributed by atoms with Crippen LogP contribution in [0.2, 0.25) is 5.02 Å². The zero-order valence-electron chi connectivity index (χ0n) is 9.64. The number of fused-ring (bicyclic) bond motifs is 1. The molecule has 0 fully saturated rings. The van der Waals surface area contributed by atoms with Crippen LogP contribution < -0.4 is 0 Å². The quantitative estimate of drug-likeness (QED) is 0.676. The second-order valence-electron chi connectivity index (χ2n) is 3.95. The number of hydrogen-bond donors (Lipinski definition) is 0. The molecule has 0 amide bonds. The highest BCUT2D eigenvalue weighted by atomic mass is 35.5. The highest BCUT2D eigenvalue weighted by Gasteiger charge is 2.14. The summed E-state index contributed by atoms with van der Waals surface area (Å²) in [6, 6.07) is 7.58. The number of imidazole rings is 1. The third-order valence-electron chi connectivity index (χ3n) is 2.75. The van der Waals surface area contributed by atoms with E-state index in [1.807, 2.05) is 42.1 Å². The van der Waals surface area contributed by atoms with Crippen molar-refractivity contribution in [2.75, 3.05) is 0 Å². The van der Waals surface area contributed by atoms with E-state index in [4.69, 9.17) is 23.2 Å². The van der Waals surface area contributed by atoms with Gasteiger partial charge >= 0.3 is 0 Å². The fourth-order valence-corrected chi connectivity index (χ4v) is 2.37. The summed E-state index contributed by atoms with van der Waals surface area (Å²) in [5, 5.41) is 5.00. The second kappa shape index (κ2) is 4.30. The van der Waals surface area contributed by atoms with E-state index in [0.717, 1.165) is 22.7 Å². The van der Waals surface area contributed by atoms with E-state index in [-0.39, 0.29) is 0 Å². The molecule has 2 aromatic heterocycles. The number of alkyl halides is 1. The first-order chi connectivity index (χ1) is 8.70. The minimum Gasteiger partial charge on any atom is -0.278 e. The van der Waals surface area contributed by atoms with Crippen molar-refractivity contribution >= 4 is 34.2 Å². The maximum Gasteiger partial charge on any atom is 0.160 e. The van der Waals surface area contributed by atoms with Crippen LogP contribution in [-0.2, 0) is 12.9 Å². The molecule has 0 N–H and O–H groups in total. The average Bonchev–Trinajstić information content (AvgIpc) is 2.93. The molecule has 6 heteroatoms. The van der Waals surface area contributed by atoms with Crippen molar-refractivity contribution in [3.8, 4) is 5.82 Å². The maximum absolute atomic E-state index is 6.15. The summed E-state index contributed by atoms with van der Waals surface area (Å²) in [5.41, 5.74) is 1.66. The number of para-hydroxylation sites is 1. The van der Waals surface area contributed by atoms with Gasteiger partial charge < -0.3 is 0 Å². The normalized spacial score (nSPS) is 11.3. The van der Waals surface area contributed by atoms with Crippen molar-refractivity contribution in [3.63, 3.8) is 0 Å². The van der Waals surface area contributed by atoms with Gasteiger partial charge in [-0.1, -0.05) is 17.7 Å². The molecule has 0 bridgehead atoms. The van der Waals surface area contributed by atoms with Gasteiger partial charge in [0.2, 0.25) is 0 Å². The number of aryl methyl sites for hydroxylation is 1. The molecular formula is C12H10Cl2N4. The average molecular weight is 281 g/mol. The molecule has 0 saturated carbocycles. The number of aromatic nitrogens is 4. The van der Waals surface area contributed by atoms with Crippen LogP contribution in [0.25, 0.3) is 16.9 Å². The monoisotopic (exact) mass is 280 g/mol. The van der Waals surface area contributed by atoms with E-state index >= 15 is 0 Å². The van der Waals surface area contributed by atoms with Crippen LogP contribution in [0.5, 0.6) is 0 Å². The molecule has 18 heavy (non-hydrogen) atoms. The second-order valence-corrected chi connectivity index (χ2v) is 4.63. The largest absolute Gasteiger partial charge is 0.278 e. The molecular weight excluding hydrogens is 271 g/mol. The van der Waals surface area contributed by atoms with Gasteiger partial charge in [0.25, 0.3) is 0 Å². The summed E-state index contributed by atoms with van der Waals surface area (Å²) >= 11 is 12.1. The van der Waals surface area contributed by atoms with Gasteiger partial charge in [0.15, 0.2) is 5.82 Å². The van der Waals surface area contributed by atoms with E-state index < -0.39 is 0 Å². The molecule has 0 aliphatic heterocycles. The highest BCUT2D eigenvalue weighted by molar-refractivity contribution is 6.35. The standard InChI is InChI=1S/C12H10Cl2N4/c1-17-6-5-10(16-17)18-9-4-2-3-8(14)12(9)15-11(18)7-13/h2-6H,7H2,1H3. The van der Waals surface area contributed by atoms with Crippen LogP contribution in [-0.4, -0.2) is 19.3 Å². The summed E-state index contributed by atoms with van der Waals surface area (Å²) in [5.74, 6) is 1.83. The minimum absolute atomic E-state index is 0.307. The maximum atomic E-state index is 6.15. The number of halogens is 2. The van der Waals surface area contributed by atoms with Crippen molar-refractivity contribution in [2.45, 2.75) is 5.88 Å². The first-order valence-corrected chi connectivity index (χ1v) is 6.34. The zero-order valence-corrected chi connectivity index (χ0v) is 11.2. The third kappa shape index (κ3) is 1.69. The van der Waals surface area contributed by atoms with Crippen molar-refractivity contribution in [1.29, 1.82) is 0 Å². The topological polar surface area (TPSA) is 35.6 Å². The molecule has 1 aromatic carbocycles. The predicted molar refractivity (Wildman–Crippen MR) is 72.4 cm³/mol. The molecule has 0 aliphatic carbocycles. The van der Waals surface area contributed by atoms with Gasteiger partial charge in [-0.3, -0.25) is 9.25 Å². The van der Waals surface area contributed by atoms with Gasteiger partial charge in [0, 0.05) is 19.3 Å². The van der Waals surface area contributed by atoms with Gasteiger partial charge in [0.05, 0.1) is 16.4 Å². The van der Waals surface area contributed by atoms with Crippen LogP contribution in [0.15, 0.2) is 30.5 Å². The van der Waals surface area contributed by atoms with Gasteiger partial charge in [-0.05, 0) is 12.1 Å². The Bertz CT molecular complexity index is 714. The molecule has 0 radical (unpaired) electrons. The zero-order chi connectivity index (χ0) is 12.7. The van der Waals surface area contributed by atoms with E-state index in [0.29, 0.717) is 10.9 Å². The lowest BCUT2D eigenvalue weighted by atomic mass is 10.3. The molecule has 0 aliphatic rings. The van der Waals surface area contributed by atoms with E-state index in [9.17, 15) is 0 Å². The van der Waals surface area contributed by atoms with Gasteiger partial charge in [-0.2, -0.15) is 5.10 Å². The molecule has 3 rings (SSSR count). The van der Waals surface area contributed by atoms with E-state index in [1.54, 1.807) is 4.68 Å². The van der Waals surface area contributed by atoms with Crippen molar-refractivity contribution in [3.05, 3.63) is 41.3 Å². The fraction of sp³-hybridized carbons (Fsp3) is 0.167. The smallest absolute Gasteiger partial charge is 0.160 e. The molecule has 0 saturated heterocycles. The number of rotatable bonds is 2. The van der Waals surface area contributed by atoms with Crippen LogP contribution in [0.1, 0.15) is 5.82 Å². The number of nitrogens with zero attached hydrogens (tertiary/aromatic N) is 4. The predicted octanol–water partition coefficient (Wildman–Crippen LogP) is 3.15. The molecule has 2 heterocycles. The summed E-state index contributed by atoms with van der Waals surface area (Å²) in [6.45, 7) is 0. The Balaban J connectivity index is 2.36. The molecule has 0 unspecified atom stereocenters. The van der Waals surface area contributed by atoms with Crippen LogP contribution in [0.3, 0.4) is 0 Å². The van der Waals surface area contributed by atoms with Gasteiger partial charge in [0.1, 0.15) is 11.3 Å². The van der Waals surface area contributed by atoms with E-state index in [1.165, 1.54) is 0 Å². The Labute approximate surface area is 114 Å². The Morgan fingerprint density at radius 3 is 2.78 bits per heavy atom. The molecule has 0 atom stereocenters. The Hall–Kier alpha value is -1.52. The number of hydrogen-bond acceptors (Lipinski definition) is 2. The minimum atomic E-state index is 0.307. The number of benzene rings is 1. The van der Waals surface area contributed by atoms with Crippen molar-refractivity contribution in [1.82, 2.24) is 19.3 Å². The first-order valence-electron chi connectivity index (χ1n) is 5.42. The fourth-order valence-electron chi connectivity index (χ4n) is 1.98. The van der Waals surface area contributed by atoms with Crippen LogP contribution in [0.4, 0.5) is 0 Å². The molecule has 92 valence electrons. The van der Waals surface area contributed by atoms with E-state index in [2.05, 4.69) is 10.1 Å². The summed E-state index contributed by atoms with van der Waals surface area (Å²) < 4.78 is 3.66. The molecule has 0 spiro atoms.